The molecule has 116 valence electrons. The van der Waals surface area contributed by atoms with E-state index in [0.717, 1.165) is 24.9 Å². The molecule has 1 atom stereocenters. The quantitative estimate of drug-likeness (QED) is 0.711. The standard InChI is InChI=1S/C14H21N3O3S/c15-21(19,20)13-6-3-11(4-7-13)10-17-14(18)8-5-12-2-1-9-16-12/h3-4,6-7,12,16H,1-2,5,8-10H2,(H,17,18)(H2,15,19,20). The number of nitrogens with two attached hydrogens (primary N) is 1. The fourth-order valence-corrected chi connectivity index (χ4v) is 2.91. The Bertz CT molecular complexity index is 578. The molecule has 1 unspecified atom stereocenters. The Kier molecular flexibility index (Phi) is 5.33. The lowest BCUT2D eigenvalue weighted by molar-refractivity contribution is -0.121. The van der Waals surface area contributed by atoms with Crippen LogP contribution in [-0.4, -0.2) is 26.9 Å². The molecule has 1 aromatic rings. The molecule has 1 amide bonds. The van der Waals surface area contributed by atoms with Crippen LogP contribution in [0, 0.1) is 0 Å². The summed E-state index contributed by atoms with van der Waals surface area (Å²) in [6.45, 7) is 1.44. The van der Waals surface area contributed by atoms with Gasteiger partial charge in [0.15, 0.2) is 0 Å². The van der Waals surface area contributed by atoms with Gasteiger partial charge >= 0.3 is 0 Å². The van der Waals surface area contributed by atoms with E-state index >= 15 is 0 Å². The van der Waals surface area contributed by atoms with Crippen molar-refractivity contribution in [1.29, 1.82) is 0 Å². The highest BCUT2D eigenvalue weighted by atomic mass is 32.2. The molecule has 7 heteroatoms. The van der Waals surface area contributed by atoms with Crippen LogP contribution in [0.1, 0.15) is 31.2 Å². The Morgan fingerprint density at radius 2 is 2.05 bits per heavy atom. The number of benzene rings is 1. The van der Waals surface area contributed by atoms with Crippen molar-refractivity contribution in [3.05, 3.63) is 29.8 Å². The van der Waals surface area contributed by atoms with E-state index in [1.54, 1.807) is 12.1 Å². The van der Waals surface area contributed by atoms with E-state index < -0.39 is 10.0 Å². The van der Waals surface area contributed by atoms with Gasteiger partial charge in [-0.1, -0.05) is 12.1 Å². The lowest BCUT2D eigenvalue weighted by Crippen LogP contribution is -2.27. The van der Waals surface area contributed by atoms with Gasteiger partial charge in [0.05, 0.1) is 4.90 Å². The van der Waals surface area contributed by atoms with Gasteiger partial charge < -0.3 is 10.6 Å². The van der Waals surface area contributed by atoms with Gasteiger partial charge in [-0.15, -0.1) is 0 Å². The first-order chi connectivity index (χ1) is 9.95. The zero-order valence-corrected chi connectivity index (χ0v) is 12.7. The predicted molar refractivity (Wildman–Crippen MR) is 79.9 cm³/mol. The fraction of sp³-hybridized carbons (Fsp3) is 0.500. The molecule has 0 radical (unpaired) electrons. The third-order valence-electron chi connectivity index (χ3n) is 3.62. The van der Waals surface area contributed by atoms with Crippen molar-refractivity contribution in [2.45, 2.75) is 43.2 Å². The van der Waals surface area contributed by atoms with Crippen LogP contribution in [0.3, 0.4) is 0 Å². The van der Waals surface area contributed by atoms with E-state index in [1.165, 1.54) is 18.6 Å². The Labute approximate surface area is 125 Å². The van der Waals surface area contributed by atoms with E-state index in [9.17, 15) is 13.2 Å². The number of sulfonamides is 1. The van der Waals surface area contributed by atoms with Gasteiger partial charge in [0, 0.05) is 19.0 Å². The van der Waals surface area contributed by atoms with Crippen molar-refractivity contribution in [3.63, 3.8) is 0 Å². The summed E-state index contributed by atoms with van der Waals surface area (Å²) >= 11 is 0. The van der Waals surface area contributed by atoms with Gasteiger partial charge in [-0.05, 0) is 43.5 Å². The first kappa shape index (κ1) is 15.9. The van der Waals surface area contributed by atoms with Crippen LogP contribution >= 0.6 is 0 Å². The molecule has 0 aromatic heterocycles. The topological polar surface area (TPSA) is 101 Å². The average molecular weight is 311 g/mol. The zero-order valence-electron chi connectivity index (χ0n) is 11.8. The zero-order chi connectivity index (χ0) is 15.3. The minimum atomic E-state index is -3.66. The third kappa shape index (κ3) is 5.11. The van der Waals surface area contributed by atoms with E-state index in [4.69, 9.17) is 5.14 Å². The first-order valence-corrected chi connectivity index (χ1v) is 8.61. The van der Waals surface area contributed by atoms with E-state index in [2.05, 4.69) is 10.6 Å². The molecule has 21 heavy (non-hydrogen) atoms. The number of amides is 1. The molecule has 2 rings (SSSR count). The van der Waals surface area contributed by atoms with Crippen LogP contribution in [0.5, 0.6) is 0 Å². The molecular formula is C14H21N3O3S. The molecular weight excluding hydrogens is 290 g/mol. The van der Waals surface area contributed by atoms with Gasteiger partial charge in [0.2, 0.25) is 15.9 Å². The van der Waals surface area contributed by atoms with E-state index in [-0.39, 0.29) is 10.8 Å². The maximum absolute atomic E-state index is 11.7. The smallest absolute Gasteiger partial charge is 0.238 e. The Morgan fingerprint density at radius 1 is 1.33 bits per heavy atom. The van der Waals surface area contributed by atoms with Crippen LogP contribution in [0.25, 0.3) is 0 Å². The number of hydrogen-bond acceptors (Lipinski definition) is 4. The van der Waals surface area contributed by atoms with E-state index in [0.29, 0.717) is 19.0 Å². The Balaban J connectivity index is 1.75. The second kappa shape index (κ2) is 7.02. The molecule has 4 N–H and O–H groups in total. The summed E-state index contributed by atoms with van der Waals surface area (Å²) in [6, 6.07) is 6.65. The summed E-state index contributed by atoms with van der Waals surface area (Å²) in [6.07, 6.45) is 3.69. The molecule has 1 saturated heterocycles. The number of nitrogens with one attached hydrogen (secondary N) is 2. The molecule has 0 spiro atoms. The summed E-state index contributed by atoms with van der Waals surface area (Å²) in [4.78, 5) is 11.8. The van der Waals surface area contributed by atoms with Crippen LogP contribution < -0.4 is 15.8 Å². The number of primary sulfonamides is 1. The number of carbonyl (C=O) groups excluding carboxylic acids is 1. The fourth-order valence-electron chi connectivity index (χ4n) is 2.39. The van der Waals surface area contributed by atoms with Crippen molar-refractivity contribution in [3.8, 4) is 0 Å². The summed E-state index contributed by atoms with van der Waals surface area (Å²) in [5.74, 6) is 0.0132. The number of rotatable bonds is 6. The van der Waals surface area contributed by atoms with E-state index in [1.807, 2.05) is 0 Å². The first-order valence-electron chi connectivity index (χ1n) is 7.07. The van der Waals surface area contributed by atoms with Crippen molar-refractivity contribution < 1.29 is 13.2 Å². The van der Waals surface area contributed by atoms with Crippen molar-refractivity contribution in [1.82, 2.24) is 10.6 Å². The predicted octanol–water partition coefficient (Wildman–Crippen LogP) is 0.482. The van der Waals surface area contributed by atoms with Gasteiger partial charge in [-0.2, -0.15) is 0 Å². The molecule has 1 heterocycles. The normalized spacial score (nSPS) is 18.6. The summed E-state index contributed by atoms with van der Waals surface area (Å²) in [5.41, 5.74) is 0.842. The third-order valence-corrected chi connectivity index (χ3v) is 4.55. The van der Waals surface area contributed by atoms with Gasteiger partial charge in [-0.25, -0.2) is 13.6 Å². The molecule has 1 fully saturated rings. The second-order valence-electron chi connectivity index (χ2n) is 5.30. The SMILES string of the molecule is NS(=O)(=O)c1ccc(CNC(=O)CCC2CCCN2)cc1. The average Bonchev–Trinajstić information content (AvgIpc) is 2.95. The summed E-state index contributed by atoms with van der Waals surface area (Å²) < 4.78 is 22.2. The number of hydrogen-bond donors (Lipinski definition) is 3. The van der Waals surface area contributed by atoms with Crippen LogP contribution in [0.15, 0.2) is 29.2 Å². The minimum Gasteiger partial charge on any atom is -0.352 e. The van der Waals surface area contributed by atoms with Crippen molar-refractivity contribution in [2.75, 3.05) is 6.54 Å². The highest BCUT2D eigenvalue weighted by Crippen LogP contribution is 2.11. The van der Waals surface area contributed by atoms with Gasteiger partial charge in [0.1, 0.15) is 0 Å². The van der Waals surface area contributed by atoms with Crippen LogP contribution in [0.4, 0.5) is 0 Å². The molecule has 1 aromatic carbocycles. The highest BCUT2D eigenvalue weighted by molar-refractivity contribution is 7.89. The molecule has 1 aliphatic rings. The van der Waals surface area contributed by atoms with Crippen molar-refractivity contribution in [2.24, 2.45) is 5.14 Å². The second-order valence-corrected chi connectivity index (χ2v) is 6.86. The Morgan fingerprint density at radius 3 is 2.62 bits per heavy atom. The number of carbonyl (C=O) groups is 1. The largest absolute Gasteiger partial charge is 0.352 e. The van der Waals surface area contributed by atoms with Crippen molar-refractivity contribution >= 4 is 15.9 Å². The highest BCUT2D eigenvalue weighted by Gasteiger charge is 2.15. The lowest BCUT2D eigenvalue weighted by Gasteiger charge is -2.10. The maximum atomic E-state index is 11.7. The lowest BCUT2D eigenvalue weighted by atomic mass is 10.1. The molecule has 0 aliphatic carbocycles. The molecule has 0 bridgehead atoms. The molecule has 6 nitrogen and oxygen atoms in total. The molecule has 1 aliphatic heterocycles. The maximum Gasteiger partial charge on any atom is 0.238 e. The van der Waals surface area contributed by atoms with Gasteiger partial charge in [-0.3, -0.25) is 4.79 Å². The van der Waals surface area contributed by atoms with Gasteiger partial charge in [0.25, 0.3) is 0 Å². The minimum absolute atomic E-state index is 0.0132. The van der Waals surface area contributed by atoms with Crippen LogP contribution in [0.2, 0.25) is 0 Å². The summed E-state index contributed by atoms with van der Waals surface area (Å²) in [5, 5.41) is 11.2. The monoisotopic (exact) mass is 311 g/mol. The van der Waals surface area contributed by atoms with Crippen LogP contribution in [-0.2, 0) is 21.4 Å². The Hall–Kier alpha value is -1.44. The molecule has 0 saturated carbocycles. The summed E-state index contributed by atoms with van der Waals surface area (Å²) in [7, 11) is -3.66.